The molecule has 0 radical (unpaired) electrons. The fourth-order valence-corrected chi connectivity index (χ4v) is 1.33. The molecule has 0 aromatic carbocycles. The maximum Gasteiger partial charge on any atom is 0.217 e. The number of carboxylic acids is 2. The Kier molecular flexibility index (Phi) is 11.9. The highest BCUT2D eigenvalue weighted by molar-refractivity contribution is 7.80. The largest absolute Gasteiger partial charge is 0.548 e. The van der Waals surface area contributed by atoms with Crippen molar-refractivity contribution in [2.45, 2.75) is 25.9 Å². The summed E-state index contributed by atoms with van der Waals surface area (Å²) in [6, 6.07) is -1.97. The van der Waals surface area contributed by atoms with Crippen molar-refractivity contribution in [2.24, 2.45) is 0 Å². The molecule has 0 rings (SSSR count). The van der Waals surface area contributed by atoms with Gasteiger partial charge in [0.15, 0.2) is 0 Å². The molecule has 2 atom stereocenters. The van der Waals surface area contributed by atoms with E-state index in [2.05, 4.69) is 35.9 Å². The monoisotopic (exact) mass is 324 g/mol. The van der Waals surface area contributed by atoms with Crippen LogP contribution < -0.4 is 20.8 Å². The van der Waals surface area contributed by atoms with Gasteiger partial charge in [0.1, 0.15) is 0 Å². The van der Waals surface area contributed by atoms with E-state index in [1.54, 1.807) is 0 Å². The highest BCUT2D eigenvalue weighted by Crippen LogP contribution is 1.85. The van der Waals surface area contributed by atoms with Gasteiger partial charge in [-0.3, -0.25) is 9.59 Å². The lowest BCUT2D eigenvalue weighted by molar-refractivity contribution is -0.308. The molecule has 0 aromatic heterocycles. The fraction of sp³-hybridized carbons (Fsp3) is 0.600. The third-order valence-corrected chi connectivity index (χ3v) is 2.42. The molecule has 0 saturated heterocycles. The zero-order chi connectivity index (χ0) is 16.3. The average Bonchev–Trinajstić information content (AvgIpc) is 2.32. The lowest BCUT2D eigenvalue weighted by atomic mass is 10.3. The van der Waals surface area contributed by atoms with Gasteiger partial charge >= 0.3 is 0 Å². The summed E-state index contributed by atoms with van der Waals surface area (Å²) >= 11 is 7.39. The van der Waals surface area contributed by atoms with Crippen molar-refractivity contribution in [2.75, 3.05) is 11.5 Å². The SMILES string of the molecule is CC(=O)N[C@H](CS)C(=O)[O-].CC(=O)N[C@H](CS)C(=O)[O-]. The number of hydrogen-bond donors (Lipinski definition) is 4. The first-order valence-electron chi connectivity index (χ1n) is 5.33. The number of hydrogen-bond acceptors (Lipinski definition) is 8. The Morgan fingerprint density at radius 3 is 1.15 bits per heavy atom. The number of carbonyl (C=O) groups excluding carboxylic acids is 4. The first kappa shape index (κ1) is 20.9. The van der Waals surface area contributed by atoms with Crippen LogP contribution in [-0.2, 0) is 19.2 Å². The topological polar surface area (TPSA) is 138 Å². The van der Waals surface area contributed by atoms with Crippen molar-refractivity contribution in [1.29, 1.82) is 0 Å². The van der Waals surface area contributed by atoms with Crippen LogP contribution in [0.15, 0.2) is 0 Å². The first-order chi connectivity index (χ1) is 9.15. The third-order valence-electron chi connectivity index (χ3n) is 1.69. The molecule has 0 spiro atoms. The molecule has 116 valence electrons. The lowest BCUT2D eigenvalue weighted by Gasteiger charge is -2.15. The predicted octanol–water partition coefficient (Wildman–Crippen LogP) is -3.66. The van der Waals surface area contributed by atoms with Crippen LogP contribution in [0.25, 0.3) is 0 Å². The highest BCUT2D eigenvalue weighted by Gasteiger charge is 2.07. The standard InChI is InChI=1S/2C5H9NO3S/c2*1-3(7)6-4(2-10)5(8)9/h2*4,10H,2H2,1H3,(H,6,7)(H,8,9)/p-2/t2*4-/m11/s1. The number of thiol groups is 2. The molecule has 0 bridgehead atoms. The Bertz CT molecular complexity index is 330. The quantitative estimate of drug-likeness (QED) is 0.372. The smallest absolute Gasteiger partial charge is 0.217 e. The van der Waals surface area contributed by atoms with E-state index in [9.17, 15) is 29.4 Å². The van der Waals surface area contributed by atoms with Crippen LogP contribution in [0.2, 0.25) is 0 Å². The van der Waals surface area contributed by atoms with E-state index >= 15 is 0 Å². The number of carbonyl (C=O) groups is 4. The molecular weight excluding hydrogens is 308 g/mol. The second kappa shape index (κ2) is 11.4. The summed E-state index contributed by atoms with van der Waals surface area (Å²) in [5.41, 5.74) is 0. The van der Waals surface area contributed by atoms with Gasteiger partial charge in [-0.15, -0.1) is 0 Å². The van der Waals surface area contributed by atoms with Gasteiger partial charge in [0.05, 0.1) is 24.0 Å². The van der Waals surface area contributed by atoms with Gasteiger partial charge in [-0.1, -0.05) is 0 Å². The number of carboxylic acid groups (broad SMARTS) is 2. The van der Waals surface area contributed by atoms with Gasteiger partial charge in [-0.2, -0.15) is 25.3 Å². The minimum Gasteiger partial charge on any atom is -0.548 e. The molecule has 0 aliphatic carbocycles. The Morgan fingerprint density at radius 1 is 0.850 bits per heavy atom. The van der Waals surface area contributed by atoms with Gasteiger partial charge in [-0.05, 0) is 0 Å². The molecule has 8 nitrogen and oxygen atoms in total. The Labute approximate surface area is 127 Å². The van der Waals surface area contributed by atoms with E-state index in [0.717, 1.165) is 0 Å². The van der Waals surface area contributed by atoms with Gasteiger partial charge in [0, 0.05) is 25.4 Å². The Balaban J connectivity index is 0. The van der Waals surface area contributed by atoms with Crippen LogP contribution >= 0.6 is 25.3 Å². The van der Waals surface area contributed by atoms with Gasteiger partial charge in [-0.25, -0.2) is 0 Å². The summed E-state index contributed by atoms with van der Waals surface area (Å²) in [6.07, 6.45) is 0. The molecule has 0 heterocycles. The number of nitrogens with one attached hydrogen (secondary N) is 2. The van der Waals surface area contributed by atoms with Crippen molar-refractivity contribution in [3.8, 4) is 0 Å². The first-order valence-corrected chi connectivity index (χ1v) is 6.59. The lowest BCUT2D eigenvalue weighted by Crippen LogP contribution is -2.48. The van der Waals surface area contributed by atoms with Crippen molar-refractivity contribution in [1.82, 2.24) is 10.6 Å². The van der Waals surface area contributed by atoms with Crippen molar-refractivity contribution in [3.05, 3.63) is 0 Å². The molecule has 2 amide bonds. The molecule has 0 aliphatic heterocycles. The Hall–Kier alpha value is -1.42. The van der Waals surface area contributed by atoms with Gasteiger partial charge < -0.3 is 30.4 Å². The summed E-state index contributed by atoms with van der Waals surface area (Å²) < 4.78 is 0. The summed E-state index contributed by atoms with van der Waals surface area (Å²) in [4.78, 5) is 40.7. The highest BCUT2D eigenvalue weighted by atomic mass is 32.1. The van der Waals surface area contributed by atoms with Crippen LogP contribution in [-0.4, -0.2) is 47.3 Å². The molecule has 10 heteroatoms. The normalized spacial score (nSPS) is 12.2. The number of amides is 2. The van der Waals surface area contributed by atoms with Crippen molar-refractivity contribution < 1.29 is 29.4 Å². The summed E-state index contributed by atoms with van der Waals surface area (Å²) in [7, 11) is 0. The second-order valence-electron chi connectivity index (χ2n) is 3.51. The van der Waals surface area contributed by atoms with Gasteiger partial charge in [0.25, 0.3) is 0 Å². The molecular formula is C10H16N2O6S2-2. The summed E-state index contributed by atoms with van der Waals surface area (Å²) in [5.74, 6) is -3.34. The van der Waals surface area contributed by atoms with Crippen LogP contribution in [0.1, 0.15) is 13.8 Å². The maximum absolute atomic E-state index is 10.3. The summed E-state index contributed by atoms with van der Waals surface area (Å²) in [5, 5.41) is 24.5. The van der Waals surface area contributed by atoms with E-state index in [0.29, 0.717) is 0 Å². The third kappa shape index (κ3) is 11.7. The van der Waals surface area contributed by atoms with Crippen molar-refractivity contribution >= 4 is 49.0 Å². The second-order valence-corrected chi connectivity index (χ2v) is 4.24. The summed E-state index contributed by atoms with van der Waals surface area (Å²) in [6.45, 7) is 2.47. The molecule has 20 heavy (non-hydrogen) atoms. The fourth-order valence-electron chi connectivity index (χ4n) is 0.849. The molecule has 0 aliphatic rings. The van der Waals surface area contributed by atoms with Crippen LogP contribution in [0, 0.1) is 0 Å². The zero-order valence-electron chi connectivity index (χ0n) is 10.9. The van der Waals surface area contributed by atoms with Crippen LogP contribution in [0.5, 0.6) is 0 Å². The van der Waals surface area contributed by atoms with E-state index in [1.165, 1.54) is 13.8 Å². The molecule has 0 aromatic rings. The van der Waals surface area contributed by atoms with Crippen LogP contribution in [0.4, 0.5) is 0 Å². The maximum atomic E-state index is 10.3. The zero-order valence-corrected chi connectivity index (χ0v) is 12.7. The number of rotatable bonds is 6. The average molecular weight is 324 g/mol. The van der Waals surface area contributed by atoms with E-state index in [4.69, 9.17) is 0 Å². The molecule has 0 unspecified atom stereocenters. The number of aliphatic carboxylic acids is 2. The molecule has 0 fully saturated rings. The molecule has 2 N–H and O–H groups in total. The van der Waals surface area contributed by atoms with Crippen LogP contribution in [0.3, 0.4) is 0 Å². The van der Waals surface area contributed by atoms with E-state index in [-0.39, 0.29) is 11.5 Å². The van der Waals surface area contributed by atoms with Crippen molar-refractivity contribution in [3.63, 3.8) is 0 Å². The van der Waals surface area contributed by atoms with Gasteiger partial charge in [0.2, 0.25) is 11.8 Å². The predicted molar refractivity (Wildman–Crippen MR) is 72.9 cm³/mol. The Morgan fingerprint density at radius 2 is 1.10 bits per heavy atom. The minimum atomic E-state index is -1.31. The van der Waals surface area contributed by atoms with E-state index in [1.807, 2.05) is 0 Å². The molecule has 0 saturated carbocycles. The minimum absolute atomic E-state index is 0.0436. The van der Waals surface area contributed by atoms with E-state index < -0.39 is 35.8 Å².